The standard InChI is InChI=1S/C20H23N2.2ClH.Cr/c1-3-9-18(16-10-5-4-6-11-16)19-20(2,14-15-22(19)21)17-12-7-8-13-17;;;/h4-8,10-12,14-15,21H,3,9,13H2,1-2H3;2*1H;/q-1;;;+3/p-2. The van der Waals surface area contributed by atoms with Crippen LogP contribution in [0.2, 0.25) is 0 Å². The molecule has 0 spiro atoms. The summed E-state index contributed by atoms with van der Waals surface area (Å²) in [7, 11) is 12.3. The SMILES string of the molecule is CCCC(=C1N([NH][Cr]([Cl])[Cl])C=CC1(C)C1=CC=CC1)c1ccccc1. The molecule has 1 heterocycles. The van der Waals surface area contributed by atoms with Gasteiger partial charge in [-0.2, -0.15) is 0 Å². The van der Waals surface area contributed by atoms with Crippen LogP contribution >= 0.6 is 20.1 Å². The minimum atomic E-state index is -1.87. The van der Waals surface area contributed by atoms with E-state index in [2.05, 4.69) is 84.1 Å². The summed E-state index contributed by atoms with van der Waals surface area (Å²) in [5.74, 6) is 0. The molecule has 0 saturated carbocycles. The molecule has 1 atom stereocenters. The molecule has 0 amide bonds. The summed E-state index contributed by atoms with van der Waals surface area (Å²) in [6.45, 7) is 4.51. The molecule has 3 rings (SSSR count). The second-order valence-electron chi connectivity index (χ2n) is 6.46. The Morgan fingerprint density at radius 2 is 2.04 bits per heavy atom. The van der Waals surface area contributed by atoms with Crippen molar-refractivity contribution in [3.8, 4) is 0 Å². The molecule has 0 saturated heterocycles. The van der Waals surface area contributed by atoms with Gasteiger partial charge in [-0.15, -0.1) is 0 Å². The normalized spacial score (nSPS) is 24.4. The van der Waals surface area contributed by atoms with Gasteiger partial charge in [-0.3, -0.25) is 0 Å². The van der Waals surface area contributed by atoms with Crippen LogP contribution in [0.5, 0.6) is 0 Å². The molecule has 1 aromatic rings. The third-order valence-corrected chi connectivity index (χ3v) is 5.90. The molecule has 0 aromatic heterocycles. The van der Waals surface area contributed by atoms with Gasteiger partial charge in [0.25, 0.3) is 0 Å². The van der Waals surface area contributed by atoms with Gasteiger partial charge in [-0.25, -0.2) is 0 Å². The molecule has 1 aliphatic carbocycles. The van der Waals surface area contributed by atoms with Crippen molar-refractivity contribution in [2.45, 2.75) is 33.1 Å². The van der Waals surface area contributed by atoms with E-state index in [0.717, 1.165) is 19.3 Å². The zero-order chi connectivity index (χ0) is 17.9. The summed E-state index contributed by atoms with van der Waals surface area (Å²) in [6, 6.07) is 10.6. The molecule has 5 heteroatoms. The number of allylic oxidation sites excluding steroid dienone is 5. The van der Waals surface area contributed by atoms with Crippen LogP contribution in [0.1, 0.15) is 38.7 Å². The maximum absolute atomic E-state index is 6.16. The van der Waals surface area contributed by atoms with E-state index < -0.39 is 12.5 Å². The Balaban J connectivity index is 2.15. The van der Waals surface area contributed by atoms with Crippen LogP contribution in [0.3, 0.4) is 0 Å². The van der Waals surface area contributed by atoms with E-state index in [9.17, 15) is 0 Å². The number of nitrogens with one attached hydrogen (secondary N) is 1. The van der Waals surface area contributed by atoms with Gasteiger partial charge in [0.15, 0.2) is 0 Å². The summed E-state index contributed by atoms with van der Waals surface area (Å²) in [5, 5.41) is 2.06. The van der Waals surface area contributed by atoms with Gasteiger partial charge in [0, 0.05) is 0 Å². The first-order chi connectivity index (χ1) is 12.1. The summed E-state index contributed by atoms with van der Waals surface area (Å²) in [5.41, 5.74) is 5.08. The fourth-order valence-corrected chi connectivity index (χ4v) is 4.70. The fraction of sp³-hybridized carbons (Fsp3) is 0.300. The van der Waals surface area contributed by atoms with Gasteiger partial charge < -0.3 is 0 Å². The first kappa shape index (κ1) is 18.8. The van der Waals surface area contributed by atoms with Crippen LogP contribution in [0.4, 0.5) is 0 Å². The average Bonchev–Trinajstić information content (AvgIpc) is 3.23. The molecule has 133 valence electrons. The molecular weight excluding hydrogens is 391 g/mol. The van der Waals surface area contributed by atoms with E-state index in [0.29, 0.717) is 0 Å². The van der Waals surface area contributed by atoms with E-state index in [4.69, 9.17) is 20.1 Å². The molecular formula is C20H23Cl2CrN2. The molecule has 1 aromatic carbocycles. The summed E-state index contributed by atoms with van der Waals surface area (Å²) < 4.78 is 3.28. The summed E-state index contributed by atoms with van der Waals surface area (Å²) in [4.78, 5) is 0. The molecule has 2 nitrogen and oxygen atoms in total. The Morgan fingerprint density at radius 3 is 2.64 bits per heavy atom. The molecule has 0 radical (unpaired) electrons. The third-order valence-electron chi connectivity index (χ3n) is 4.80. The van der Waals surface area contributed by atoms with Crippen molar-refractivity contribution < 1.29 is 12.5 Å². The Labute approximate surface area is 163 Å². The number of hydrogen-bond acceptors (Lipinski definition) is 2. The monoisotopic (exact) mass is 413 g/mol. The zero-order valence-electron chi connectivity index (χ0n) is 14.5. The second kappa shape index (κ2) is 8.17. The van der Waals surface area contributed by atoms with Gasteiger partial charge in [-0.05, 0) is 0 Å². The topological polar surface area (TPSA) is 15.3 Å². The number of hydrazine groups is 1. The number of hydrogen-bond donors (Lipinski definition) is 1. The second-order valence-corrected chi connectivity index (χ2v) is 10.6. The summed E-state index contributed by atoms with van der Waals surface area (Å²) in [6.07, 6.45) is 14.0. The molecule has 0 bridgehead atoms. The van der Waals surface area contributed by atoms with Crippen molar-refractivity contribution in [1.29, 1.82) is 0 Å². The van der Waals surface area contributed by atoms with Crippen molar-refractivity contribution >= 4 is 25.7 Å². The van der Waals surface area contributed by atoms with Crippen molar-refractivity contribution in [2.24, 2.45) is 5.41 Å². The van der Waals surface area contributed by atoms with Crippen molar-refractivity contribution in [3.05, 3.63) is 77.7 Å². The van der Waals surface area contributed by atoms with Crippen LogP contribution in [0.15, 0.2) is 72.1 Å². The van der Waals surface area contributed by atoms with Crippen molar-refractivity contribution in [2.75, 3.05) is 0 Å². The van der Waals surface area contributed by atoms with Gasteiger partial charge in [0.1, 0.15) is 0 Å². The molecule has 25 heavy (non-hydrogen) atoms. The van der Waals surface area contributed by atoms with Crippen LogP contribution in [-0.2, 0) is 12.5 Å². The van der Waals surface area contributed by atoms with Crippen LogP contribution in [-0.4, -0.2) is 5.01 Å². The first-order valence-corrected chi connectivity index (χ1v) is 12.7. The van der Waals surface area contributed by atoms with E-state index in [-0.39, 0.29) is 5.41 Å². The van der Waals surface area contributed by atoms with E-state index >= 15 is 0 Å². The minimum absolute atomic E-state index is 0.161. The van der Waals surface area contributed by atoms with Crippen LogP contribution in [0.25, 0.3) is 5.57 Å². The van der Waals surface area contributed by atoms with Gasteiger partial charge in [0.05, 0.1) is 0 Å². The molecule has 1 N–H and O–H groups in total. The van der Waals surface area contributed by atoms with Gasteiger partial charge in [0.2, 0.25) is 0 Å². The first-order valence-electron chi connectivity index (χ1n) is 8.53. The fourth-order valence-electron chi connectivity index (χ4n) is 3.62. The van der Waals surface area contributed by atoms with Crippen LogP contribution < -0.4 is 4.41 Å². The summed E-state index contributed by atoms with van der Waals surface area (Å²) >= 11 is -1.87. The van der Waals surface area contributed by atoms with E-state index in [1.807, 2.05) is 0 Å². The Kier molecular flexibility index (Phi) is 6.15. The maximum atomic E-state index is 6.16. The number of halogens is 2. The molecule has 1 unspecified atom stereocenters. The molecule has 1 aliphatic heterocycles. The van der Waals surface area contributed by atoms with Gasteiger partial charge in [-0.1, -0.05) is 0 Å². The Bertz CT molecular complexity index is 737. The predicted octanol–water partition coefficient (Wildman–Crippen LogP) is 6.27. The average molecular weight is 414 g/mol. The van der Waals surface area contributed by atoms with Crippen LogP contribution in [0, 0.1) is 5.41 Å². The number of nitrogens with zero attached hydrogens (tertiary/aromatic N) is 1. The Morgan fingerprint density at radius 1 is 1.28 bits per heavy atom. The van der Waals surface area contributed by atoms with Crippen molar-refractivity contribution in [1.82, 2.24) is 9.42 Å². The number of rotatable bonds is 6. The van der Waals surface area contributed by atoms with E-state index in [1.165, 1.54) is 22.4 Å². The quantitative estimate of drug-likeness (QED) is 0.591. The van der Waals surface area contributed by atoms with Gasteiger partial charge >= 0.3 is 164 Å². The zero-order valence-corrected chi connectivity index (χ0v) is 17.3. The van der Waals surface area contributed by atoms with E-state index in [1.54, 1.807) is 0 Å². The number of benzene rings is 1. The third kappa shape index (κ3) is 3.92. The van der Waals surface area contributed by atoms with Crippen molar-refractivity contribution in [3.63, 3.8) is 0 Å². The molecule has 0 fully saturated rings. The Hall–Kier alpha value is -0.948. The predicted molar refractivity (Wildman–Crippen MR) is 104 cm³/mol. The molecule has 2 aliphatic rings.